The van der Waals surface area contributed by atoms with Gasteiger partial charge in [-0.1, -0.05) is 19.1 Å². The van der Waals surface area contributed by atoms with Crippen molar-refractivity contribution in [3.05, 3.63) is 58.5 Å². The van der Waals surface area contributed by atoms with E-state index in [4.69, 9.17) is 0 Å². The fourth-order valence-corrected chi connectivity index (χ4v) is 3.64. The molecule has 1 aromatic carbocycles. The summed E-state index contributed by atoms with van der Waals surface area (Å²) in [5.41, 5.74) is 1.49. The van der Waals surface area contributed by atoms with Crippen molar-refractivity contribution in [1.82, 2.24) is 24.5 Å². The van der Waals surface area contributed by atoms with Crippen LogP contribution in [0.1, 0.15) is 17.3 Å². The van der Waals surface area contributed by atoms with Gasteiger partial charge in [0.05, 0.1) is 16.5 Å². The quantitative estimate of drug-likeness (QED) is 0.675. The molecule has 1 aliphatic heterocycles. The van der Waals surface area contributed by atoms with Gasteiger partial charge in [-0.25, -0.2) is 4.98 Å². The third-order valence-electron chi connectivity index (χ3n) is 5.40. The van der Waals surface area contributed by atoms with Gasteiger partial charge in [0.1, 0.15) is 5.65 Å². The molecule has 1 amide bonds. The Balaban J connectivity index is 1.44. The van der Waals surface area contributed by atoms with Gasteiger partial charge in [-0.2, -0.15) is 0 Å². The Kier molecular flexibility index (Phi) is 5.36. The molecule has 2 aromatic heterocycles. The lowest BCUT2D eigenvalue weighted by Crippen LogP contribution is -2.48. The number of nitrogens with one attached hydrogen (secondary N) is 1. The highest BCUT2D eigenvalue weighted by Gasteiger charge is 2.15. The molecule has 28 heavy (non-hydrogen) atoms. The van der Waals surface area contributed by atoms with Crippen LogP contribution in [-0.4, -0.2) is 70.9 Å². The number of carbonyl (C=O) groups excluding carboxylic acids is 1. The lowest BCUT2D eigenvalue weighted by Gasteiger charge is -2.33. The van der Waals surface area contributed by atoms with E-state index in [1.807, 2.05) is 18.2 Å². The topological polar surface area (TPSA) is 69.9 Å². The summed E-state index contributed by atoms with van der Waals surface area (Å²) in [6.07, 6.45) is 1.58. The van der Waals surface area contributed by atoms with E-state index in [2.05, 4.69) is 27.0 Å². The number of carbonyl (C=O) groups is 1. The van der Waals surface area contributed by atoms with Gasteiger partial charge in [0, 0.05) is 45.5 Å². The maximum absolute atomic E-state index is 12.7. The first kappa shape index (κ1) is 18.6. The maximum atomic E-state index is 12.7. The van der Waals surface area contributed by atoms with Crippen LogP contribution >= 0.6 is 0 Å². The number of para-hydroxylation sites is 1. The van der Waals surface area contributed by atoms with Crippen LogP contribution in [0.25, 0.3) is 16.6 Å². The van der Waals surface area contributed by atoms with Gasteiger partial charge in [0.15, 0.2) is 0 Å². The molecule has 0 saturated carbocycles. The van der Waals surface area contributed by atoms with E-state index in [0.717, 1.165) is 39.3 Å². The van der Waals surface area contributed by atoms with Gasteiger partial charge in [0.25, 0.3) is 11.5 Å². The predicted octanol–water partition coefficient (Wildman–Crippen LogP) is 1.21. The zero-order valence-corrected chi connectivity index (χ0v) is 16.1. The first-order valence-corrected chi connectivity index (χ1v) is 9.80. The van der Waals surface area contributed by atoms with E-state index in [9.17, 15) is 9.59 Å². The van der Waals surface area contributed by atoms with Crippen molar-refractivity contribution >= 4 is 22.5 Å². The monoisotopic (exact) mass is 379 g/mol. The number of rotatable bonds is 5. The molecule has 3 heterocycles. The SMILES string of the molecule is CCN1CCN(CCNC(=O)c2ccc3nc4ccccc4c(=O)n3c2)CC1. The van der Waals surface area contributed by atoms with E-state index in [0.29, 0.717) is 28.7 Å². The summed E-state index contributed by atoms with van der Waals surface area (Å²) in [6.45, 7) is 8.94. The molecular weight excluding hydrogens is 354 g/mol. The average Bonchev–Trinajstić information content (AvgIpc) is 2.74. The zero-order chi connectivity index (χ0) is 19.5. The Morgan fingerprint density at radius 1 is 1.07 bits per heavy atom. The Hall–Kier alpha value is -2.77. The highest BCUT2D eigenvalue weighted by Crippen LogP contribution is 2.10. The molecule has 0 spiro atoms. The summed E-state index contributed by atoms with van der Waals surface area (Å²) in [5, 5.41) is 3.51. The minimum absolute atomic E-state index is 0.163. The number of aromatic nitrogens is 2. The smallest absolute Gasteiger partial charge is 0.265 e. The Labute approximate surface area is 163 Å². The van der Waals surface area contributed by atoms with E-state index < -0.39 is 0 Å². The highest BCUT2D eigenvalue weighted by atomic mass is 16.1. The number of likely N-dealkylation sites (N-methyl/N-ethyl adjacent to an activating group) is 1. The highest BCUT2D eigenvalue weighted by molar-refractivity contribution is 5.94. The molecule has 1 aliphatic rings. The van der Waals surface area contributed by atoms with E-state index in [1.165, 1.54) is 4.40 Å². The fraction of sp³-hybridized carbons (Fsp3) is 0.381. The number of nitrogens with zero attached hydrogens (tertiary/aromatic N) is 4. The summed E-state index contributed by atoms with van der Waals surface area (Å²) in [6, 6.07) is 10.7. The third kappa shape index (κ3) is 3.76. The maximum Gasteiger partial charge on any atom is 0.265 e. The van der Waals surface area contributed by atoms with Crippen molar-refractivity contribution in [2.24, 2.45) is 0 Å². The molecule has 7 nitrogen and oxygen atoms in total. The van der Waals surface area contributed by atoms with Crippen molar-refractivity contribution in [2.75, 3.05) is 45.8 Å². The predicted molar refractivity (Wildman–Crippen MR) is 110 cm³/mol. The van der Waals surface area contributed by atoms with Crippen molar-refractivity contribution < 1.29 is 4.79 Å². The standard InChI is InChI=1S/C21H25N5O2/c1-2-24-11-13-25(14-12-24)10-9-22-20(27)16-7-8-19-23-18-6-4-3-5-17(18)21(28)26(19)15-16/h3-8,15H,2,9-14H2,1H3,(H,22,27). The van der Waals surface area contributed by atoms with Crippen LogP contribution in [-0.2, 0) is 0 Å². The molecule has 1 fully saturated rings. The van der Waals surface area contributed by atoms with Gasteiger partial charge in [-0.05, 0) is 30.8 Å². The molecule has 1 N–H and O–H groups in total. The molecule has 0 aliphatic carbocycles. The first-order valence-electron chi connectivity index (χ1n) is 9.80. The normalized spacial score (nSPS) is 15.9. The van der Waals surface area contributed by atoms with Crippen LogP contribution in [0.3, 0.4) is 0 Å². The van der Waals surface area contributed by atoms with Crippen LogP contribution < -0.4 is 10.9 Å². The summed E-state index contributed by atoms with van der Waals surface area (Å²) >= 11 is 0. The van der Waals surface area contributed by atoms with Crippen LogP contribution in [0.5, 0.6) is 0 Å². The van der Waals surface area contributed by atoms with E-state index in [-0.39, 0.29) is 11.5 Å². The van der Waals surface area contributed by atoms with Crippen molar-refractivity contribution in [2.45, 2.75) is 6.92 Å². The largest absolute Gasteiger partial charge is 0.351 e. The summed E-state index contributed by atoms with van der Waals surface area (Å²) in [7, 11) is 0. The Morgan fingerprint density at radius 2 is 1.82 bits per heavy atom. The number of amides is 1. The molecule has 146 valence electrons. The number of fused-ring (bicyclic) bond motifs is 2. The lowest BCUT2D eigenvalue weighted by molar-refractivity contribution is 0.0937. The van der Waals surface area contributed by atoms with Crippen LogP contribution in [0.4, 0.5) is 0 Å². The van der Waals surface area contributed by atoms with E-state index >= 15 is 0 Å². The van der Waals surface area contributed by atoms with Crippen molar-refractivity contribution in [3.63, 3.8) is 0 Å². The number of pyridine rings is 1. The van der Waals surface area contributed by atoms with Gasteiger partial charge < -0.3 is 10.2 Å². The molecule has 7 heteroatoms. The van der Waals surface area contributed by atoms with Crippen LogP contribution in [0.2, 0.25) is 0 Å². The van der Waals surface area contributed by atoms with Gasteiger partial charge >= 0.3 is 0 Å². The minimum atomic E-state index is -0.172. The van der Waals surface area contributed by atoms with Crippen molar-refractivity contribution in [1.29, 1.82) is 0 Å². The van der Waals surface area contributed by atoms with Gasteiger partial charge in [0.2, 0.25) is 0 Å². The summed E-state index contributed by atoms with van der Waals surface area (Å²) in [4.78, 5) is 34.5. The minimum Gasteiger partial charge on any atom is -0.351 e. The van der Waals surface area contributed by atoms with E-state index in [1.54, 1.807) is 24.4 Å². The van der Waals surface area contributed by atoms with Crippen LogP contribution in [0, 0.1) is 0 Å². The number of piperazine rings is 1. The molecule has 4 rings (SSSR count). The molecule has 0 bridgehead atoms. The second kappa shape index (κ2) is 8.08. The zero-order valence-electron chi connectivity index (χ0n) is 16.1. The van der Waals surface area contributed by atoms with Gasteiger partial charge in [-0.3, -0.25) is 18.9 Å². The average molecular weight is 379 g/mol. The molecule has 3 aromatic rings. The Morgan fingerprint density at radius 3 is 2.61 bits per heavy atom. The Bertz CT molecular complexity index is 1050. The summed E-state index contributed by atoms with van der Waals surface area (Å²) < 4.78 is 1.45. The molecule has 0 radical (unpaired) electrons. The molecule has 0 unspecified atom stereocenters. The molecule has 1 saturated heterocycles. The fourth-order valence-electron chi connectivity index (χ4n) is 3.64. The summed E-state index contributed by atoms with van der Waals surface area (Å²) in [5.74, 6) is -0.172. The van der Waals surface area contributed by atoms with Crippen molar-refractivity contribution in [3.8, 4) is 0 Å². The molecular formula is C21H25N5O2. The first-order chi connectivity index (χ1) is 13.7. The number of benzene rings is 1. The number of hydrogen-bond donors (Lipinski definition) is 1. The second-order valence-electron chi connectivity index (χ2n) is 7.11. The lowest BCUT2D eigenvalue weighted by atomic mass is 10.2. The third-order valence-corrected chi connectivity index (χ3v) is 5.40. The second-order valence-corrected chi connectivity index (χ2v) is 7.11. The molecule has 0 atom stereocenters. The number of hydrogen-bond acceptors (Lipinski definition) is 5. The van der Waals surface area contributed by atoms with Gasteiger partial charge in [-0.15, -0.1) is 0 Å². The van der Waals surface area contributed by atoms with Crippen LogP contribution in [0.15, 0.2) is 47.4 Å².